The van der Waals surface area contributed by atoms with Crippen LogP contribution in [0, 0.1) is 19.7 Å². The number of rotatable bonds is 1. The fourth-order valence-electron chi connectivity index (χ4n) is 2.97. The minimum Gasteiger partial charge on any atom is -0.398 e. The van der Waals surface area contributed by atoms with E-state index < -0.39 is 16.9 Å². The number of nitrogen functional groups attached to an aromatic ring is 1. The number of carbonyl (C=O) groups excluding carboxylic acids is 1. The SMILES string of the molecule is [B]C1([B])C(=O)N(c2cc(C)c(N)c(C)c2)Cc2ccc(F)cc21. The number of halogens is 1. The van der Waals surface area contributed by atoms with Gasteiger partial charge in [0.2, 0.25) is 5.91 Å². The number of hydrogen-bond acceptors (Lipinski definition) is 2. The first-order chi connectivity index (χ1) is 10.7. The molecular weight excluding hydrogens is 289 g/mol. The van der Waals surface area contributed by atoms with Crippen molar-refractivity contribution in [2.75, 3.05) is 10.6 Å². The molecule has 1 heterocycles. The Labute approximate surface area is 137 Å². The second-order valence-corrected chi connectivity index (χ2v) is 6.06. The highest BCUT2D eigenvalue weighted by Crippen LogP contribution is 2.35. The van der Waals surface area contributed by atoms with Crippen molar-refractivity contribution in [2.45, 2.75) is 25.6 Å². The standard InChI is InChI=1S/C17H15B2FN2O/c1-9-5-13(6-10(2)15(9)21)22-8-11-3-4-12(20)7-14(11)17(18,19)16(22)23/h3-7H,8,21H2,1-2H3. The second kappa shape index (κ2) is 5.15. The number of aryl methyl sites for hydroxylation is 2. The minimum atomic E-state index is -1.77. The van der Waals surface area contributed by atoms with Crippen molar-refractivity contribution >= 4 is 33.0 Å². The Kier molecular flexibility index (Phi) is 3.51. The van der Waals surface area contributed by atoms with Gasteiger partial charge in [0.05, 0.1) is 22.2 Å². The van der Waals surface area contributed by atoms with Crippen LogP contribution in [0.2, 0.25) is 0 Å². The Morgan fingerprint density at radius 1 is 1.17 bits per heavy atom. The van der Waals surface area contributed by atoms with Gasteiger partial charge in [-0.05, 0) is 60.4 Å². The van der Waals surface area contributed by atoms with Crippen LogP contribution in [-0.2, 0) is 16.6 Å². The molecule has 2 N–H and O–H groups in total. The maximum absolute atomic E-state index is 13.5. The van der Waals surface area contributed by atoms with Gasteiger partial charge in [0.25, 0.3) is 0 Å². The fourth-order valence-corrected chi connectivity index (χ4v) is 2.97. The maximum Gasteiger partial charge on any atom is 0.220 e. The first-order valence-electron chi connectivity index (χ1n) is 7.27. The Balaban J connectivity index is 2.13. The third-order valence-electron chi connectivity index (χ3n) is 4.34. The van der Waals surface area contributed by atoms with E-state index in [1.165, 1.54) is 17.0 Å². The van der Waals surface area contributed by atoms with Gasteiger partial charge in [-0.2, -0.15) is 0 Å². The molecule has 0 bridgehead atoms. The van der Waals surface area contributed by atoms with Crippen LogP contribution in [-0.4, -0.2) is 21.6 Å². The summed E-state index contributed by atoms with van der Waals surface area (Å²) in [5, 5.41) is -1.77. The van der Waals surface area contributed by atoms with Crippen molar-refractivity contribution in [2.24, 2.45) is 0 Å². The smallest absolute Gasteiger partial charge is 0.220 e. The molecule has 1 amide bonds. The van der Waals surface area contributed by atoms with Crippen molar-refractivity contribution in [3.05, 3.63) is 58.4 Å². The highest BCUT2D eigenvalue weighted by atomic mass is 19.1. The van der Waals surface area contributed by atoms with Crippen LogP contribution in [0.25, 0.3) is 0 Å². The molecule has 0 saturated carbocycles. The van der Waals surface area contributed by atoms with Gasteiger partial charge in [-0.15, -0.1) is 0 Å². The van der Waals surface area contributed by atoms with Crippen LogP contribution < -0.4 is 10.6 Å². The average molecular weight is 304 g/mol. The molecule has 2 aromatic carbocycles. The number of nitrogens with two attached hydrogens (primary N) is 1. The van der Waals surface area contributed by atoms with E-state index in [9.17, 15) is 9.18 Å². The van der Waals surface area contributed by atoms with Crippen molar-refractivity contribution in [1.29, 1.82) is 0 Å². The molecule has 6 heteroatoms. The van der Waals surface area contributed by atoms with Crippen LogP contribution in [0.4, 0.5) is 15.8 Å². The molecule has 2 aromatic rings. The average Bonchev–Trinajstić information content (AvgIpc) is 2.49. The second-order valence-electron chi connectivity index (χ2n) is 6.06. The van der Waals surface area contributed by atoms with Gasteiger partial charge in [0.15, 0.2) is 0 Å². The van der Waals surface area contributed by atoms with Gasteiger partial charge in [-0.1, -0.05) is 6.07 Å². The van der Waals surface area contributed by atoms with Gasteiger partial charge in [-0.25, -0.2) is 4.39 Å². The van der Waals surface area contributed by atoms with Crippen molar-refractivity contribution < 1.29 is 9.18 Å². The molecule has 23 heavy (non-hydrogen) atoms. The molecule has 1 aliphatic heterocycles. The van der Waals surface area contributed by atoms with E-state index in [4.69, 9.17) is 21.4 Å². The quantitative estimate of drug-likeness (QED) is 0.647. The lowest BCUT2D eigenvalue weighted by molar-refractivity contribution is -0.120. The monoisotopic (exact) mass is 304 g/mol. The highest BCUT2D eigenvalue weighted by Gasteiger charge is 2.39. The zero-order chi connectivity index (χ0) is 16.9. The predicted molar refractivity (Wildman–Crippen MR) is 91.1 cm³/mol. The van der Waals surface area contributed by atoms with Gasteiger partial charge >= 0.3 is 0 Å². The van der Waals surface area contributed by atoms with Crippen LogP contribution in [0.15, 0.2) is 30.3 Å². The summed E-state index contributed by atoms with van der Waals surface area (Å²) in [5.41, 5.74) is 10.1. The third-order valence-corrected chi connectivity index (χ3v) is 4.34. The first kappa shape index (κ1) is 15.7. The van der Waals surface area contributed by atoms with Crippen LogP contribution in [0.1, 0.15) is 22.3 Å². The summed E-state index contributed by atoms with van der Waals surface area (Å²) in [6.45, 7) is 4.04. The van der Waals surface area contributed by atoms with Gasteiger partial charge in [0, 0.05) is 16.6 Å². The zero-order valence-electron chi connectivity index (χ0n) is 13.1. The van der Waals surface area contributed by atoms with Crippen molar-refractivity contribution in [3.63, 3.8) is 0 Å². The third kappa shape index (κ3) is 2.42. The maximum atomic E-state index is 13.5. The van der Waals surface area contributed by atoms with Crippen LogP contribution >= 0.6 is 0 Å². The molecule has 0 aliphatic carbocycles. The van der Waals surface area contributed by atoms with Gasteiger partial charge in [0.1, 0.15) is 5.82 Å². The number of carbonyl (C=O) groups is 1. The summed E-state index contributed by atoms with van der Waals surface area (Å²) in [6, 6.07) is 7.82. The largest absolute Gasteiger partial charge is 0.398 e. The molecule has 0 saturated heterocycles. The van der Waals surface area contributed by atoms with E-state index >= 15 is 0 Å². The molecule has 112 valence electrons. The molecule has 0 atom stereocenters. The normalized spacial score (nSPS) is 16.3. The van der Waals surface area contributed by atoms with Gasteiger partial charge in [-0.3, -0.25) is 4.79 Å². The Morgan fingerprint density at radius 3 is 2.39 bits per heavy atom. The topological polar surface area (TPSA) is 46.3 Å². The number of nitrogens with zero attached hydrogens (tertiary/aromatic N) is 1. The first-order valence-corrected chi connectivity index (χ1v) is 7.27. The molecule has 0 spiro atoms. The van der Waals surface area contributed by atoms with Crippen molar-refractivity contribution in [1.82, 2.24) is 0 Å². The molecule has 0 aromatic heterocycles. The fraction of sp³-hybridized carbons (Fsp3) is 0.235. The Bertz CT molecular complexity index is 797. The van der Waals surface area contributed by atoms with E-state index in [-0.39, 0.29) is 6.54 Å². The lowest BCUT2D eigenvalue weighted by atomic mass is 9.48. The number of hydrogen-bond donors (Lipinski definition) is 1. The summed E-state index contributed by atoms with van der Waals surface area (Å²) >= 11 is 0. The summed E-state index contributed by atoms with van der Waals surface area (Å²) < 4.78 is 13.5. The van der Waals surface area contributed by atoms with E-state index in [0.29, 0.717) is 16.9 Å². The highest BCUT2D eigenvalue weighted by molar-refractivity contribution is 6.52. The van der Waals surface area contributed by atoms with E-state index in [1.807, 2.05) is 26.0 Å². The zero-order valence-corrected chi connectivity index (χ0v) is 13.1. The van der Waals surface area contributed by atoms with E-state index in [1.54, 1.807) is 6.07 Å². The Morgan fingerprint density at radius 2 is 1.78 bits per heavy atom. The molecule has 0 unspecified atom stereocenters. The molecule has 3 rings (SSSR count). The predicted octanol–water partition coefficient (Wildman–Crippen LogP) is 2.06. The van der Waals surface area contributed by atoms with Gasteiger partial charge < -0.3 is 10.6 Å². The summed E-state index contributed by atoms with van der Waals surface area (Å²) in [4.78, 5) is 14.3. The summed E-state index contributed by atoms with van der Waals surface area (Å²) in [5.74, 6) is -0.941. The van der Waals surface area contributed by atoms with Crippen molar-refractivity contribution in [3.8, 4) is 0 Å². The number of fused-ring (bicyclic) bond motifs is 1. The molecule has 0 fully saturated rings. The number of benzene rings is 2. The van der Waals surface area contributed by atoms with Crippen LogP contribution in [0.3, 0.4) is 0 Å². The number of amides is 1. The lowest BCUT2D eigenvalue weighted by Gasteiger charge is -2.40. The molecule has 1 aliphatic rings. The molecule has 3 nitrogen and oxygen atoms in total. The minimum absolute atomic E-state index is 0.285. The number of anilines is 2. The van der Waals surface area contributed by atoms with E-state index in [0.717, 1.165) is 16.7 Å². The molecular formula is C17H15B2FN2O. The molecule has 4 radical (unpaired) electrons. The van der Waals surface area contributed by atoms with E-state index in [2.05, 4.69) is 0 Å². The lowest BCUT2D eigenvalue weighted by Crippen LogP contribution is -2.52. The van der Waals surface area contributed by atoms with Crippen LogP contribution in [0.5, 0.6) is 0 Å². The summed E-state index contributed by atoms with van der Waals surface area (Å²) in [6.07, 6.45) is 0. The summed E-state index contributed by atoms with van der Waals surface area (Å²) in [7, 11) is 12.1. The Hall–Kier alpha value is -2.23.